The quantitative estimate of drug-likeness (QED) is 0.624. The molecule has 0 unspecified atom stereocenters. The van der Waals surface area contributed by atoms with Crippen molar-refractivity contribution >= 4 is 17.2 Å². The first-order valence-electron chi connectivity index (χ1n) is 7.40. The number of aryl methyl sites for hydroxylation is 1. The van der Waals surface area contributed by atoms with Crippen LogP contribution in [0.15, 0.2) is 67.0 Å². The van der Waals surface area contributed by atoms with E-state index >= 15 is 0 Å². The van der Waals surface area contributed by atoms with E-state index in [9.17, 15) is 0 Å². The van der Waals surface area contributed by atoms with Gasteiger partial charge in [-0.15, -0.1) is 0 Å². The number of anilines is 2. The normalized spacial score (nSPS) is 10.8. The summed E-state index contributed by atoms with van der Waals surface area (Å²) in [6.45, 7) is 1.98. The summed E-state index contributed by atoms with van der Waals surface area (Å²) >= 11 is 0. The fourth-order valence-corrected chi connectivity index (χ4v) is 2.59. The Morgan fingerprint density at radius 2 is 1.74 bits per heavy atom. The summed E-state index contributed by atoms with van der Waals surface area (Å²) in [4.78, 5) is 13.6. The molecule has 1 aromatic carbocycles. The lowest BCUT2D eigenvalue weighted by Crippen LogP contribution is -1.99. The van der Waals surface area contributed by atoms with Crippen LogP contribution in [-0.2, 0) is 0 Å². The Morgan fingerprint density at radius 1 is 0.913 bits per heavy atom. The molecule has 23 heavy (non-hydrogen) atoms. The molecule has 4 rings (SSSR count). The summed E-state index contributed by atoms with van der Waals surface area (Å²) < 4.78 is 2.01. The van der Waals surface area contributed by atoms with E-state index < -0.39 is 0 Å². The Morgan fingerprint density at radius 3 is 2.61 bits per heavy atom. The Kier molecular flexibility index (Phi) is 3.24. The Bertz CT molecular complexity index is 959. The molecule has 0 atom stereocenters. The van der Waals surface area contributed by atoms with E-state index in [1.54, 1.807) is 6.20 Å². The lowest BCUT2D eigenvalue weighted by molar-refractivity contribution is 1.10. The van der Waals surface area contributed by atoms with Crippen LogP contribution in [0.2, 0.25) is 0 Å². The first kappa shape index (κ1) is 13.5. The van der Waals surface area contributed by atoms with E-state index in [2.05, 4.69) is 20.3 Å². The predicted molar refractivity (Wildman–Crippen MR) is 90.7 cm³/mol. The minimum atomic E-state index is 0.655. The fraction of sp³-hybridized carbons (Fsp3) is 0.0556. The van der Waals surface area contributed by atoms with Gasteiger partial charge in [0.1, 0.15) is 17.2 Å². The Balaban J connectivity index is 1.77. The van der Waals surface area contributed by atoms with E-state index in [0.29, 0.717) is 5.82 Å². The molecule has 0 spiro atoms. The lowest BCUT2D eigenvalue weighted by Gasteiger charge is -2.07. The SMILES string of the molecule is Cc1nc2ccccn2c1-c1nccc(Nc2ccccc2)n1. The molecule has 0 aliphatic carbocycles. The zero-order chi connectivity index (χ0) is 15.6. The van der Waals surface area contributed by atoms with Crippen LogP contribution in [0.4, 0.5) is 11.5 Å². The molecule has 112 valence electrons. The molecule has 0 aliphatic heterocycles. The average molecular weight is 301 g/mol. The van der Waals surface area contributed by atoms with Crippen molar-refractivity contribution in [2.45, 2.75) is 6.92 Å². The summed E-state index contributed by atoms with van der Waals surface area (Å²) in [6, 6.07) is 17.7. The first-order chi connectivity index (χ1) is 11.3. The number of benzene rings is 1. The molecule has 0 bridgehead atoms. The number of nitrogens with one attached hydrogen (secondary N) is 1. The minimum Gasteiger partial charge on any atom is -0.340 e. The van der Waals surface area contributed by atoms with E-state index in [1.165, 1.54) is 0 Å². The van der Waals surface area contributed by atoms with Gasteiger partial charge in [-0.3, -0.25) is 4.40 Å². The number of imidazole rings is 1. The van der Waals surface area contributed by atoms with E-state index in [0.717, 1.165) is 28.5 Å². The highest BCUT2D eigenvalue weighted by Crippen LogP contribution is 2.23. The summed E-state index contributed by atoms with van der Waals surface area (Å²) in [6.07, 6.45) is 3.74. The molecule has 1 N–H and O–H groups in total. The molecule has 3 aromatic heterocycles. The predicted octanol–water partition coefficient (Wildman–Crippen LogP) is 3.84. The van der Waals surface area contributed by atoms with Crippen molar-refractivity contribution < 1.29 is 0 Å². The van der Waals surface area contributed by atoms with Gasteiger partial charge in [0, 0.05) is 18.1 Å². The molecule has 0 radical (unpaired) electrons. The number of pyridine rings is 1. The monoisotopic (exact) mass is 301 g/mol. The summed E-state index contributed by atoms with van der Waals surface area (Å²) in [5.41, 5.74) is 3.71. The number of aromatic nitrogens is 4. The Hall–Kier alpha value is -3.21. The summed E-state index contributed by atoms with van der Waals surface area (Å²) in [5, 5.41) is 3.29. The first-order valence-corrected chi connectivity index (χ1v) is 7.40. The third-order valence-electron chi connectivity index (χ3n) is 3.62. The van der Waals surface area contributed by atoms with Gasteiger partial charge in [-0.25, -0.2) is 15.0 Å². The van der Waals surface area contributed by atoms with Crippen molar-refractivity contribution in [1.29, 1.82) is 0 Å². The van der Waals surface area contributed by atoms with Gasteiger partial charge in [-0.2, -0.15) is 0 Å². The molecule has 0 aliphatic rings. The highest BCUT2D eigenvalue weighted by atomic mass is 15.1. The standard InChI is InChI=1S/C18H15N5/c1-13-17(23-12-6-5-9-16(23)20-13)18-19-11-10-15(22-18)21-14-7-3-2-4-8-14/h2-12H,1H3,(H,19,21,22). The van der Waals surface area contributed by atoms with Crippen molar-refractivity contribution in [2.75, 3.05) is 5.32 Å². The maximum Gasteiger partial charge on any atom is 0.180 e. The van der Waals surface area contributed by atoms with Gasteiger partial charge in [-0.05, 0) is 37.3 Å². The van der Waals surface area contributed by atoms with E-state index in [1.807, 2.05) is 72.1 Å². The molecule has 5 heteroatoms. The van der Waals surface area contributed by atoms with Crippen molar-refractivity contribution in [2.24, 2.45) is 0 Å². The molecule has 0 fully saturated rings. The highest BCUT2D eigenvalue weighted by Gasteiger charge is 2.13. The van der Waals surface area contributed by atoms with E-state index in [4.69, 9.17) is 0 Å². The number of nitrogens with zero attached hydrogens (tertiary/aromatic N) is 4. The van der Waals surface area contributed by atoms with Gasteiger partial charge in [-0.1, -0.05) is 24.3 Å². The third-order valence-corrected chi connectivity index (χ3v) is 3.62. The zero-order valence-electron chi connectivity index (χ0n) is 12.6. The van der Waals surface area contributed by atoms with Gasteiger partial charge in [0.15, 0.2) is 5.82 Å². The number of rotatable bonds is 3. The molecule has 0 saturated carbocycles. The Labute approximate surface area is 133 Å². The molecule has 4 aromatic rings. The van der Waals surface area contributed by atoms with Crippen molar-refractivity contribution in [3.05, 3.63) is 72.7 Å². The molecular formula is C18H15N5. The van der Waals surface area contributed by atoms with Gasteiger partial charge in [0.05, 0.1) is 5.69 Å². The smallest absolute Gasteiger partial charge is 0.180 e. The molecule has 0 amide bonds. The molecule has 5 nitrogen and oxygen atoms in total. The molecule has 0 saturated heterocycles. The van der Waals surface area contributed by atoms with Crippen LogP contribution >= 0.6 is 0 Å². The van der Waals surface area contributed by atoms with Crippen LogP contribution in [0.3, 0.4) is 0 Å². The number of hydrogen-bond donors (Lipinski definition) is 1. The van der Waals surface area contributed by atoms with Crippen molar-refractivity contribution in [1.82, 2.24) is 19.4 Å². The van der Waals surface area contributed by atoms with Gasteiger partial charge < -0.3 is 5.32 Å². The second-order valence-corrected chi connectivity index (χ2v) is 5.23. The third kappa shape index (κ3) is 2.53. The number of hydrogen-bond acceptors (Lipinski definition) is 4. The maximum atomic E-state index is 4.64. The maximum absolute atomic E-state index is 4.64. The number of fused-ring (bicyclic) bond motifs is 1. The largest absolute Gasteiger partial charge is 0.340 e. The van der Waals surface area contributed by atoms with Crippen LogP contribution in [-0.4, -0.2) is 19.4 Å². The van der Waals surface area contributed by atoms with Gasteiger partial charge in [0.2, 0.25) is 0 Å². The van der Waals surface area contributed by atoms with E-state index in [-0.39, 0.29) is 0 Å². The fourth-order valence-electron chi connectivity index (χ4n) is 2.59. The van der Waals surface area contributed by atoms with Crippen LogP contribution in [0.5, 0.6) is 0 Å². The average Bonchev–Trinajstić information content (AvgIpc) is 2.92. The van der Waals surface area contributed by atoms with Crippen molar-refractivity contribution in [3.63, 3.8) is 0 Å². The minimum absolute atomic E-state index is 0.655. The number of para-hydroxylation sites is 1. The zero-order valence-corrected chi connectivity index (χ0v) is 12.6. The molecular weight excluding hydrogens is 286 g/mol. The van der Waals surface area contributed by atoms with Crippen LogP contribution < -0.4 is 5.32 Å². The van der Waals surface area contributed by atoms with Crippen LogP contribution in [0, 0.1) is 6.92 Å². The van der Waals surface area contributed by atoms with Crippen molar-refractivity contribution in [3.8, 4) is 11.5 Å². The summed E-state index contributed by atoms with van der Waals surface area (Å²) in [5.74, 6) is 1.41. The lowest BCUT2D eigenvalue weighted by atomic mass is 10.3. The topological polar surface area (TPSA) is 55.1 Å². The van der Waals surface area contributed by atoms with Gasteiger partial charge >= 0.3 is 0 Å². The highest BCUT2D eigenvalue weighted by molar-refractivity contribution is 5.63. The summed E-state index contributed by atoms with van der Waals surface area (Å²) in [7, 11) is 0. The van der Waals surface area contributed by atoms with Gasteiger partial charge in [0.25, 0.3) is 0 Å². The van der Waals surface area contributed by atoms with Crippen LogP contribution in [0.25, 0.3) is 17.2 Å². The van der Waals surface area contributed by atoms with Crippen LogP contribution in [0.1, 0.15) is 5.69 Å². The molecule has 3 heterocycles. The second kappa shape index (κ2) is 5.53. The second-order valence-electron chi connectivity index (χ2n) is 5.23.